The Balaban J connectivity index is 2.21. The molecule has 0 unspecified atom stereocenters. The van der Waals surface area contributed by atoms with Crippen LogP contribution in [0.25, 0.3) is 0 Å². The Bertz CT molecular complexity index is 305. The number of hydrogen-bond donors (Lipinski definition) is 1. The Morgan fingerprint density at radius 3 is 2.69 bits per heavy atom. The van der Waals surface area contributed by atoms with Gasteiger partial charge in [0.25, 0.3) is 0 Å². The van der Waals surface area contributed by atoms with Crippen molar-refractivity contribution in [3.63, 3.8) is 0 Å². The zero-order chi connectivity index (χ0) is 9.26. The second-order valence-electron chi connectivity index (χ2n) is 3.60. The van der Waals surface area contributed by atoms with E-state index < -0.39 is 0 Å². The second kappa shape index (κ2) is 3.69. The van der Waals surface area contributed by atoms with Crippen LogP contribution in [0.5, 0.6) is 0 Å². The molecule has 0 aromatic heterocycles. The van der Waals surface area contributed by atoms with Gasteiger partial charge in [0.1, 0.15) is 0 Å². The van der Waals surface area contributed by atoms with Gasteiger partial charge in [-0.2, -0.15) is 0 Å². The lowest BCUT2D eigenvalue weighted by Crippen LogP contribution is -1.91. The second-order valence-corrected chi connectivity index (χ2v) is 4.01. The van der Waals surface area contributed by atoms with Crippen molar-refractivity contribution in [1.29, 1.82) is 0 Å². The molecule has 1 fully saturated rings. The largest absolute Gasteiger partial charge is 0.396 e. The van der Waals surface area contributed by atoms with Crippen LogP contribution >= 0.6 is 11.6 Å². The quantitative estimate of drug-likeness (QED) is 0.788. The minimum absolute atomic E-state index is 0.194. The Kier molecular flexibility index (Phi) is 2.56. The fourth-order valence-electron chi connectivity index (χ4n) is 1.58. The van der Waals surface area contributed by atoms with Crippen LogP contribution in [-0.2, 0) is 6.42 Å². The molecular formula is C11H13ClO. The first-order valence-electron chi connectivity index (χ1n) is 4.70. The molecule has 0 aliphatic heterocycles. The average molecular weight is 197 g/mol. The summed E-state index contributed by atoms with van der Waals surface area (Å²) in [5, 5.41) is 9.63. The zero-order valence-corrected chi connectivity index (χ0v) is 8.22. The monoisotopic (exact) mass is 196 g/mol. The summed E-state index contributed by atoms with van der Waals surface area (Å²) in [4.78, 5) is 0. The zero-order valence-electron chi connectivity index (χ0n) is 7.46. The minimum Gasteiger partial charge on any atom is -0.396 e. The number of hydrogen-bond acceptors (Lipinski definition) is 1. The minimum atomic E-state index is 0.194. The summed E-state index contributed by atoms with van der Waals surface area (Å²) in [7, 11) is 0. The normalized spacial score (nSPS) is 16.2. The van der Waals surface area contributed by atoms with Gasteiger partial charge < -0.3 is 5.11 Å². The smallest absolute Gasteiger partial charge is 0.0471 e. The first-order chi connectivity index (χ1) is 6.31. The van der Waals surface area contributed by atoms with E-state index in [1.807, 2.05) is 6.07 Å². The molecule has 1 aliphatic rings. The van der Waals surface area contributed by atoms with Gasteiger partial charge in [-0.3, -0.25) is 0 Å². The first-order valence-corrected chi connectivity index (χ1v) is 5.08. The third-order valence-electron chi connectivity index (χ3n) is 2.48. The van der Waals surface area contributed by atoms with Crippen molar-refractivity contribution in [1.82, 2.24) is 0 Å². The maximum atomic E-state index is 8.76. The van der Waals surface area contributed by atoms with Crippen molar-refractivity contribution in [3.05, 3.63) is 34.3 Å². The summed E-state index contributed by atoms with van der Waals surface area (Å²) in [5.41, 5.74) is 2.40. The number of rotatable bonds is 3. The number of benzene rings is 1. The molecule has 0 saturated heterocycles. The van der Waals surface area contributed by atoms with Crippen LogP contribution in [-0.4, -0.2) is 11.7 Å². The third-order valence-corrected chi connectivity index (χ3v) is 2.81. The van der Waals surface area contributed by atoms with E-state index in [9.17, 15) is 0 Å². The summed E-state index contributed by atoms with van der Waals surface area (Å²) in [5.74, 6) is 0.704. The summed E-state index contributed by atoms with van der Waals surface area (Å²) < 4.78 is 0. The topological polar surface area (TPSA) is 20.2 Å². The summed E-state index contributed by atoms with van der Waals surface area (Å²) in [6.07, 6.45) is 3.25. The molecule has 1 aromatic carbocycles. The van der Waals surface area contributed by atoms with E-state index in [0.29, 0.717) is 12.3 Å². The SMILES string of the molecule is OCCc1ccc(C2CC2)c(Cl)c1. The van der Waals surface area contributed by atoms with Crippen molar-refractivity contribution in [3.8, 4) is 0 Å². The third kappa shape index (κ3) is 2.04. The van der Waals surface area contributed by atoms with Crippen LogP contribution in [0.2, 0.25) is 5.02 Å². The summed E-state index contributed by atoms with van der Waals surface area (Å²) in [6.45, 7) is 0.194. The molecule has 0 heterocycles. The van der Waals surface area contributed by atoms with E-state index in [1.165, 1.54) is 18.4 Å². The van der Waals surface area contributed by atoms with E-state index in [4.69, 9.17) is 16.7 Å². The Labute approximate surface area is 83.3 Å². The van der Waals surface area contributed by atoms with Gasteiger partial charge in [0.05, 0.1) is 0 Å². The van der Waals surface area contributed by atoms with E-state index in [0.717, 1.165) is 10.6 Å². The average Bonchev–Trinajstić information content (AvgIpc) is 2.88. The predicted octanol–water partition coefficient (Wildman–Crippen LogP) is 2.75. The van der Waals surface area contributed by atoms with Gasteiger partial charge in [-0.1, -0.05) is 23.7 Å². The van der Waals surface area contributed by atoms with Gasteiger partial charge in [-0.05, 0) is 42.4 Å². The lowest BCUT2D eigenvalue weighted by molar-refractivity contribution is 0.299. The highest BCUT2D eigenvalue weighted by atomic mass is 35.5. The maximum Gasteiger partial charge on any atom is 0.0471 e. The van der Waals surface area contributed by atoms with Crippen molar-refractivity contribution >= 4 is 11.6 Å². The number of aliphatic hydroxyl groups is 1. The lowest BCUT2D eigenvalue weighted by Gasteiger charge is -2.04. The van der Waals surface area contributed by atoms with Crippen molar-refractivity contribution < 1.29 is 5.11 Å². The van der Waals surface area contributed by atoms with E-state index in [2.05, 4.69) is 12.1 Å². The van der Waals surface area contributed by atoms with Crippen molar-refractivity contribution in [2.24, 2.45) is 0 Å². The molecular weight excluding hydrogens is 184 g/mol. The number of halogens is 1. The van der Waals surface area contributed by atoms with Gasteiger partial charge in [-0.25, -0.2) is 0 Å². The maximum absolute atomic E-state index is 8.76. The molecule has 0 spiro atoms. The van der Waals surface area contributed by atoms with Gasteiger partial charge in [0, 0.05) is 11.6 Å². The van der Waals surface area contributed by atoms with Crippen LogP contribution < -0.4 is 0 Å². The fourth-order valence-corrected chi connectivity index (χ4v) is 1.94. The fraction of sp³-hybridized carbons (Fsp3) is 0.455. The van der Waals surface area contributed by atoms with Gasteiger partial charge in [0.15, 0.2) is 0 Å². The van der Waals surface area contributed by atoms with Crippen LogP contribution in [0.3, 0.4) is 0 Å². The molecule has 1 saturated carbocycles. The first kappa shape index (κ1) is 9.04. The molecule has 2 heteroatoms. The molecule has 0 radical (unpaired) electrons. The Morgan fingerprint density at radius 2 is 2.15 bits per heavy atom. The molecule has 70 valence electrons. The molecule has 0 atom stereocenters. The molecule has 13 heavy (non-hydrogen) atoms. The van der Waals surface area contributed by atoms with Gasteiger partial charge >= 0.3 is 0 Å². The highest BCUT2D eigenvalue weighted by Crippen LogP contribution is 2.43. The summed E-state index contributed by atoms with van der Waals surface area (Å²) in [6, 6.07) is 6.15. The number of aliphatic hydroxyl groups excluding tert-OH is 1. The van der Waals surface area contributed by atoms with Crippen LogP contribution in [0, 0.1) is 0 Å². The molecule has 0 bridgehead atoms. The van der Waals surface area contributed by atoms with Crippen LogP contribution in [0.4, 0.5) is 0 Å². The molecule has 1 nitrogen and oxygen atoms in total. The lowest BCUT2D eigenvalue weighted by atomic mass is 10.1. The highest BCUT2D eigenvalue weighted by molar-refractivity contribution is 6.31. The highest BCUT2D eigenvalue weighted by Gasteiger charge is 2.25. The van der Waals surface area contributed by atoms with E-state index in [1.54, 1.807) is 0 Å². The molecule has 1 aromatic rings. The van der Waals surface area contributed by atoms with Crippen molar-refractivity contribution in [2.75, 3.05) is 6.61 Å². The molecule has 2 rings (SSSR count). The Morgan fingerprint density at radius 1 is 1.38 bits per heavy atom. The molecule has 1 N–H and O–H groups in total. The van der Waals surface area contributed by atoms with E-state index >= 15 is 0 Å². The van der Waals surface area contributed by atoms with Crippen LogP contribution in [0.15, 0.2) is 18.2 Å². The van der Waals surface area contributed by atoms with Gasteiger partial charge in [-0.15, -0.1) is 0 Å². The summed E-state index contributed by atoms with van der Waals surface area (Å²) >= 11 is 6.12. The molecule has 1 aliphatic carbocycles. The standard InChI is InChI=1S/C11H13ClO/c12-11-7-8(5-6-13)1-4-10(11)9-2-3-9/h1,4,7,9,13H,2-3,5-6H2. The van der Waals surface area contributed by atoms with E-state index in [-0.39, 0.29) is 6.61 Å². The van der Waals surface area contributed by atoms with Crippen LogP contribution in [0.1, 0.15) is 29.9 Å². The Hall–Kier alpha value is -0.530. The molecule has 0 amide bonds. The predicted molar refractivity (Wildman–Crippen MR) is 54.2 cm³/mol. The van der Waals surface area contributed by atoms with Gasteiger partial charge in [0.2, 0.25) is 0 Å². The van der Waals surface area contributed by atoms with Crippen molar-refractivity contribution in [2.45, 2.75) is 25.2 Å².